The van der Waals surface area contributed by atoms with Crippen molar-refractivity contribution in [3.63, 3.8) is 0 Å². The molecule has 0 radical (unpaired) electrons. The van der Waals surface area contributed by atoms with E-state index in [-0.39, 0.29) is 5.78 Å². The van der Waals surface area contributed by atoms with Gasteiger partial charge in [0.25, 0.3) is 0 Å². The molecule has 7 nitrogen and oxygen atoms in total. The van der Waals surface area contributed by atoms with Crippen LogP contribution in [0.2, 0.25) is 0 Å². The summed E-state index contributed by atoms with van der Waals surface area (Å²) in [5, 5.41) is 8.10. The fraction of sp³-hybridized carbons (Fsp3) is 0.188. The van der Waals surface area contributed by atoms with Crippen molar-refractivity contribution in [3.8, 4) is 0 Å². The standard InChI is InChI=1S/C16H16N6O/c17-15-8-9-18-16(19-15)11-22-10-13(20-21-22)6-7-14(23)12-4-2-1-3-5-12/h1-5,8-10H,6-7,11H2,(H2,17,18,19). The molecule has 0 amide bonds. The first-order valence-corrected chi connectivity index (χ1v) is 7.25. The second-order valence-electron chi connectivity index (χ2n) is 5.09. The quantitative estimate of drug-likeness (QED) is 0.693. The van der Waals surface area contributed by atoms with Crippen LogP contribution >= 0.6 is 0 Å². The first kappa shape index (κ1) is 14.8. The minimum absolute atomic E-state index is 0.0966. The van der Waals surface area contributed by atoms with Crippen molar-refractivity contribution in [2.75, 3.05) is 5.73 Å². The van der Waals surface area contributed by atoms with Gasteiger partial charge in [-0.1, -0.05) is 35.5 Å². The van der Waals surface area contributed by atoms with Crippen LogP contribution in [0.15, 0.2) is 48.8 Å². The summed E-state index contributed by atoms with van der Waals surface area (Å²) in [4.78, 5) is 20.3. The van der Waals surface area contributed by atoms with E-state index in [2.05, 4.69) is 20.3 Å². The molecule has 7 heteroatoms. The summed E-state index contributed by atoms with van der Waals surface area (Å²) < 4.78 is 1.64. The van der Waals surface area contributed by atoms with Crippen LogP contribution in [0.1, 0.15) is 28.3 Å². The number of nitrogens with zero attached hydrogens (tertiary/aromatic N) is 5. The third kappa shape index (κ3) is 3.97. The number of aromatic nitrogens is 5. The van der Waals surface area contributed by atoms with Crippen LogP contribution in [0.3, 0.4) is 0 Å². The molecule has 116 valence electrons. The van der Waals surface area contributed by atoms with Gasteiger partial charge in [0.2, 0.25) is 0 Å². The van der Waals surface area contributed by atoms with Gasteiger partial charge < -0.3 is 5.73 Å². The van der Waals surface area contributed by atoms with Crippen LogP contribution in [0.5, 0.6) is 0 Å². The average molecular weight is 308 g/mol. The molecule has 0 atom stereocenters. The molecule has 0 fully saturated rings. The molecule has 2 aromatic heterocycles. The maximum Gasteiger partial charge on any atom is 0.163 e. The van der Waals surface area contributed by atoms with Crippen molar-refractivity contribution in [1.29, 1.82) is 0 Å². The Bertz CT molecular complexity index is 799. The van der Waals surface area contributed by atoms with Gasteiger partial charge in [-0.05, 0) is 6.07 Å². The first-order chi connectivity index (χ1) is 11.2. The Balaban J connectivity index is 1.58. The Morgan fingerprint density at radius 1 is 1.17 bits per heavy atom. The molecule has 2 N–H and O–H groups in total. The van der Waals surface area contributed by atoms with Crippen molar-refractivity contribution in [1.82, 2.24) is 25.0 Å². The highest BCUT2D eigenvalue weighted by Crippen LogP contribution is 2.07. The molecule has 1 aromatic carbocycles. The van der Waals surface area contributed by atoms with Crippen molar-refractivity contribution in [2.24, 2.45) is 0 Å². The summed E-state index contributed by atoms with van der Waals surface area (Å²) in [6.07, 6.45) is 4.35. The average Bonchev–Trinajstić information content (AvgIpc) is 3.01. The van der Waals surface area contributed by atoms with E-state index in [9.17, 15) is 4.79 Å². The van der Waals surface area contributed by atoms with E-state index in [0.717, 1.165) is 5.69 Å². The molecule has 0 unspecified atom stereocenters. The minimum Gasteiger partial charge on any atom is -0.384 e. The van der Waals surface area contributed by atoms with Gasteiger partial charge in [-0.25, -0.2) is 14.6 Å². The van der Waals surface area contributed by atoms with Gasteiger partial charge in [0.15, 0.2) is 11.6 Å². The first-order valence-electron chi connectivity index (χ1n) is 7.25. The largest absolute Gasteiger partial charge is 0.384 e. The lowest BCUT2D eigenvalue weighted by molar-refractivity contribution is 0.0982. The predicted molar refractivity (Wildman–Crippen MR) is 84.7 cm³/mol. The summed E-state index contributed by atoms with van der Waals surface area (Å²) in [7, 11) is 0. The Morgan fingerprint density at radius 2 is 2.00 bits per heavy atom. The molecular formula is C16H16N6O. The number of rotatable bonds is 6. The highest BCUT2D eigenvalue weighted by atomic mass is 16.1. The Kier molecular flexibility index (Phi) is 4.37. The molecule has 3 aromatic rings. The SMILES string of the molecule is Nc1ccnc(Cn2cc(CCC(=O)c3ccccc3)nn2)n1. The Labute approximate surface area is 133 Å². The van der Waals surface area contributed by atoms with Crippen LogP contribution in [-0.2, 0) is 13.0 Å². The number of nitrogen functional groups attached to an aromatic ring is 1. The number of anilines is 1. The van der Waals surface area contributed by atoms with Gasteiger partial charge in [-0.3, -0.25) is 4.79 Å². The van der Waals surface area contributed by atoms with E-state index >= 15 is 0 Å². The second kappa shape index (κ2) is 6.78. The van der Waals surface area contributed by atoms with Gasteiger partial charge >= 0.3 is 0 Å². The number of Topliss-reactive ketones (excluding diaryl/α,β-unsaturated/α-hetero) is 1. The monoisotopic (exact) mass is 308 g/mol. The number of hydrogen-bond donors (Lipinski definition) is 1. The maximum atomic E-state index is 12.1. The lowest BCUT2D eigenvalue weighted by Crippen LogP contribution is -2.06. The van der Waals surface area contributed by atoms with Crippen molar-refractivity contribution >= 4 is 11.6 Å². The number of nitrogens with two attached hydrogens (primary N) is 1. The lowest BCUT2D eigenvalue weighted by Gasteiger charge is -2.00. The van der Waals surface area contributed by atoms with Gasteiger partial charge in [-0.2, -0.15) is 0 Å². The zero-order chi connectivity index (χ0) is 16.1. The fourth-order valence-electron chi connectivity index (χ4n) is 2.18. The summed E-state index contributed by atoms with van der Waals surface area (Å²) >= 11 is 0. The number of aryl methyl sites for hydroxylation is 1. The summed E-state index contributed by atoms with van der Waals surface area (Å²) in [5.41, 5.74) is 7.10. The molecule has 0 saturated heterocycles. The van der Waals surface area contributed by atoms with Crippen LogP contribution in [-0.4, -0.2) is 30.7 Å². The molecule has 0 aliphatic carbocycles. The third-order valence-electron chi connectivity index (χ3n) is 3.32. The third-order valence-corrected chi connectivity index (χ3v) is 3.32. The maximum absolute atomic E-state index is 12.1. The zero-order valence-electron chi connectivity index (χ0n) is 12.5. The number of hydrogen-bond acceptors (Lipinski definition) is 6. The number of carbonyl (C=O) groups is 1. The van der Waals surface area contributed by atoms with E-state index in [1.165, 1.54) is 0 Å². The minimum atomic E-state index is 0.0966. The molecule has 0 aliphatic rings. The summed E-state index contributed by atoms with van der Waals surface area (Å²) in [6, 6.07) is 10.9. The smallest absolute Gasteiger partial charge is 0.163 e. The Hall–Kier alpha value is -3.09. The van der Waals surface area contributed by atoms with Crippen molar-refractivity contribution in [2.45, 2.75) is 19.4 Å². The summed E-state index contributed by atoms with van der Waals surface area (Å²) in [6.45, 7) is 0.394. The summed E-state index contributed by atoms with van der Waals surface area (Å²) in [5.74, 6) is 1.09. The van der Waals surface area contributed by atoms with E-state index in [4.69, 9.17) is 5.73 Å². The molecule has 0 spiro atoms. The second-order valence-corrected chi connectivity index (χ2v) is 5.09. The van der Waals surface area contributed by atoms with Crippen LogP contribution in [0, 0.1) is 0 Å². The van der Waals surface area contributed by atoms with Gasteiger partial charge in [0.1, 0.15) is 12.4 Å². The highest BCUT2D eigenvalue weighted by molar-refractivity contribution is 5.96. The highest BCUT2D eigenvalue weighted by Gasteiger charge is 2.08. The topological polar surface area (TPSA) is 99.6 Å². The normalized spacial score (nSPS) is 10.6. The van der Waals surface area contributed by atoms with Crippen LogP contribution in [0.25, 0.3) is 0 Å². The molecular weight excluding hydrogens is 292 g/mol. The van der Waals surface area contributed by atoms with E-state index in [1.54, 1.807) is 23.1 Å². The molecule has 2 heterocycles. The molecule has 0 aliphatic heterocycles. The zero-order valence-corrected chi connectivity index (χ0v) is 12.5. The molecule has 0 saturated carbocycles. The van der Waals surface area contributed by atoms with Crippen LogP contribution < -0.4 is 5.73 Å². The molecule has 0 bridgehead atoms. The van der Waals surface area contributed by atoms with Crippen LogP contribution in [0.4, 0.5) is 5.82 Å². The number of benzene rings is 1. The van der Waals surface area contributed by atoms with Gasteiger partial charge in [0.05, 0.1) is 5.69 Å². The number of carbonyl (C=O) groups excluding carboxylic acids is 1. The van der Waals surface area contributed by atoms with Gasteiger partial charge in [-0.15, -0.1) is 5.10 Å². The van der Waals surface area contributed by atoms with Crippen molar-refractivity contribution in [3.05, 3.63) is 65.9 Å². The Morgan fingerprint density at radius 3 is 2.78 bits per heavy atom. The van der Waals surface area contributed by atoms with Gasteiger partial charge in [0, 0.05) is 30.8 Å². The fourth-order valence-corrected chi connectivity index (χ4v) is 2.18. The van der Waals surface area contributed by atoms with E-state index in [1.807, 2.05) is 30.3 Å². The van der Waals surface area contributed by atoms with E-state index in [0.29, 0.717) is 36.6 Å². The predicted octanol–water partition coefficient (Wildman–Crippen LogP) is 1.51. The molecule has 3 rings (SSSR count). The number of ketones is 1. The van der Waals surface area contributed by atoms with Crippen molar-refractivity contribution < 1.29 is 4.79 Å². The lowest BCUT2D eigenvalue weighted by atomic mass is 10.1. The molecule has 23 heavy (non-hydrogen) atoms. The van der Waals surface area contributed by atoms with E-state index < -0.39 is 0 Å².